The second kappa shape index (κ2) is 11.4. The molecule has 4 rings (SSSR count). The third-order valence-corrected chi connectivity index (χ3v) is 6.32. The van der Waals surface area contributed by atoms with Gasteiger partial charge in [-0.25, -0.2) is 9.97 Å². The monoisotopic (exact) mass is 552 g/mol. The van der Waals surface area contributed by atoms with E-state index in [2.05, 4.69) is 31.3 Å². The molecule has 180 valence electrons. The molecule has 0 atom stereocenters. The molecule has 0 aliphatic heterocycles. The molecule has 1 amide bonds. The van der Waals surface area contributed by atoms with Gasteiger partial charge >= 0.3 is 0 Å². The molecule has 0 radical (unpaired) electrons. The average molecular weight is 553 g/mol. The van der Waals surface area contributed by atoms with Crippen molar-refractivity contribution in [3.63, 3.8) is 0 Å². The van der Waals surface area contributed by atoms with E-state index in [9.17, 15) is 4.79 Å². The number of aromatic nitrogens is 2. The number of fused-ring (bicyclic) bond motifs is 1. The van der Waals surface area contributed by atoms with Gasteiger partial charge in [0, 0.05) is 21.1 Å². The zero-order chi connectivity index (χ0) is 24.8. The second-order valence-electron chi connectivity index (χ2n) is 7.90. The molecule has 4 aromatic rings. The highest BCUT2D eigenvalue weighted by Crippen LogP contribution is 2.34. The lowest BCUT2D eigenvalue weighted by molar-refractivity contribution is -0.116. The topological polar surface area (TPSA) is 91.4 Å². The van der Waals surface area contributed by atoms with Crippen molar-refractivity contribution in [2.45, 2.75) is 4.90 Å². The SMILES string of the molecule is COc1ccc(Br)c(Nc2nc3ccccc3nc2NSc2cccc(NC(=O)CN(C)C)c2)c1. The van der Waals surface area contributed by atoms with Gasteiger partial charge < -0.3 is 25.0 Å². The third kappa shape index (κ3) is 6.62. The summed E-state index contributed by atoms with van der Waals surface area (Å²) in [6.07, 6.45) is 0. The Morgan fingerprint density at radius 3 is 2.46 bits per heavy atom. The first-order valence-electron chi connectivity index (χ1n) is 10.8. The molecule has 1 heterocycles. The fourth-order valence-electron chi connectivity index (χ4n) is 3.25. The largest absolute Gasteiger partial charge is 0.497 e. The Kier molecular flexibility index (Phi) is 8.06. The summed E-state index contributed by atoms with van der Waals surface area (Å²) in [6, 6.07) is 21.0. The number of nitrogens with zero attached hydrogens (tertiary/aromatic N) is 3. The number of ether oxygens (including phenoxy) is 1. The minimum Gasteiger partial charge on any atom is -0.497 e. The highest BCUT2D eigenvalue weighted by Gasteiger charge is 2.13. The van der Waals surface area contributed by atoms with E-state index in [1.165, 1.54) is 11.9 Å². The molecule has 0 spiro atoms. The maximum Gasteiger partial charge on any atom is 0.238 e. The van der Waals surface area contributed by atoms with Crippen molar-refractivity contribution < 1.29 is 9.53 Å². The number of rotatable bonds is 9. The maximum absolute atomic E-state index is 12.1. The van der Waals surface area contributed by atoms with Gasteiger partial charge in [-0.2, -0.15) is 0 Å². The first-order valence-corrected chi connectivity index (χ1v) is 12.4. The summed E-state index contributed by atoms with van der Waals surface area (Å²) in [4.78, 5) is 24.4. The van der Waals surface area contributed by atoms with Gasteiger partial charge in [-0.05, 0) is 84.4 Å². The number of anilines is 4. The molecule has 0 unspecified atom stereocenters. The van der Waals surface area contributed by atoms with Crippen molar-refractivity contribution in [1.29, 1.82) is 0 Å². The van der Waals surface area contributed by atoms with Gasteiger partial charge in [0.1, 0.15) is 5.75 Å². The van der Waals surface area contributed by atoms with Crippen molar-refractivity contribution >= 4 is 67.8 Å². The van der Waals surface area contributed by atoms with Crippen molar-refractivity contribution in [3.8, 4) is 5.75 Å². The molecule has 0 aliphatic rings. The van der Waals surface area contributed by atoms with Gasteiger partial charge in [0.15, 0.2) is 11.6 Å². The predicted octanol–water partition coefficient (Wildman–Crippen LogP) is 5.76. The second-order valence-corrected chi connectivity index (χ2v) is 9.63. The molecule has 0 bridgehead atoms. The molecule has 3 aromatic carbocycles. The van der Waals surface area contributed by atoms with Crippen LogP contribution in [0.1, 0.15) is 0 Å². The zero-order valence-electron chi connectivity index (χ0n) is 19.5. The molecular weight excluding hydrogens is 528 g/mol. The van der Waals surface area contributed by atoms with Crippen LogP contribution in [-0.4, -0.2) is 48.5 Å². The molecule has 10 heteroatoms. The summed E-state index contributed by atoms with van der Waals surface area (Å²) in [5, 5.41) is 6.28. The van der Waals surface area contributed by atoms with Crippen LogP contribution in [0.15, 0.2) is 76.1 Å². The lowest BCUT2D eigenvalue weighted by atomic mass is 10.3. The zero-order valence-corrected chi connectivity index (χ0v) is 21.9. The van der Waals surface area contributed by atoms with Gasteiger partial charge in [-0.3, -0.25) is 4.79 Å². The smallest absolute Gasteiger partial charge is 0.238 e. The number of hydrogen-bond acceptors (Lipinski definition) is 8. The number of halogens is 1. The van der Waals surface area contributed by atoms with E-state index < -0.39 is 0 Å². The first-order chi connectivity index (χ1) is 16.9. The van der Waals surface area contributed by atoms with Crippen LogP contribution >= 0.6 is 27.9 Å². The number of methoxy groups -OCH3 is 1. The summed E-state index contributed by atoms with van der Waals surface area (Å²) in [5.41, 5.74) is 3.07. The molecule has 0 saturated carbocycles. The molecule has 35 heavy (non-hydrogen) atoms. The Morgan fingerprint density at radius 2 is 1.74 bits per heavy atom. The minimum atomic E-state index is -0.0687. The van der Waals surface area contributed by atoms with E-state index in [0.717, 1.165) is 37.5 Å². The van der Waals surface area contributed by atoms with Gasteiger partial charge in [0.25, 0.3) is 0 Å². The van der Waals surface area contributed by atoms with Crippen LogP contribution in [0.25, 0.3) is 11.0 Å². The quantitative estimate of drug-likeness (QED) is 0.225. The minimum absolute atomic E-state index is 0.0687. The molecule has 0 fully saturated rings. The molecule has 8 nitrogen and oxygen atoms in total. The summed E-state index contributed by atoms with van der Waals surface area (Å²) >= 11 is 4.96. The Labute approximate surface area is 216 Å². The highest BCUT2D eigenvalue weighted by molar-refractivity contribution is 9.10. The fourth-order valence-corrected chi connectivity index (χ4v) is 4.28. The summed E-state index contributed by atoms with van der Waals surface area (Å²) < 4.78 is 9.55. The summed E-state index contributed by atoms with van der Waals surface area (Å²) in [5.74, 6) is 1.80. The van der Waals surface area contributed by atoms with E-state index in [1.807, 2.05) is 85.7 Å². The number of para-hydroxylation sites is 2. The predicted molar refractivity (Wildman–Crippen MR) is 147 cm³/mol. The maximum atomic E-state index is 12.1. The number of benzene rings is 3. The van der Waals surface area contributed by atoms with Crippen LogP contribution in [0.4, 0.5) is 23.0 Å². The molecular formula is C25H25BrN6O2S. The van der Waals surface area contributed by atoms with E-state index in [4.69, 9.17) is 14.7 Å². The lowest BCUT2D eigenvalue weighted by Crippen LogP contribution is -2.27. The van der Waals surface area contributed by atoms with Gasteiger partial charge in [0.2, 0.25) is 5.91 Å². The highest BCUT2D eigenvalue weighted by atomic mass is 79.9. The molecule has 0 saturated heterocycles. The van der Waals surface area contributed by atoms with Gasteiger partial charge in [-0.1, -0.05) is 18.2 Å². The number of nitrogens with one attached hydrogen (secondary N) is 3. The molecule has 0 aliphatic carbocycles. The van der Waals surface area contributed by atoms with Crippen LogP contribution in [0.2, 0.25) is 0 Å². The van der Waals surface area contributed by atoms with Crippen molar-refractivity contribution in [3.05, 3.63) is 71.2 Å². The number of carbonyl (C=O) groups is 1. The van der Waals surface area contributed by atoms with Gasteiger partial charge in [0.05, 0.1) is 30.4 Å². The number of carbonyl (C=O) groups excluding carboxylic acids is 1. The molecule has 3 N–H and O–H groups in total. The van der Waals surface area contributed by atoms with Crippen molar-refractivity contribution in [2.75, 3.05) is 43.1 Å². The lowest BCUT2D eigenvalue weighted by Gasteiger charge is -2.15. The Morgan fingerprint density at radius 1 is 1.00 bits per heavy atom. The van der Waals surface area contributed by atoms with Crippen molar-refractivity contribution in [1.82, 2.24) is 14.9 Å². The van der Waals surface area contributed by atoms with Crippen LogP contribution in [-0.2, 0) is 4.79 Å². The average Bonchev–Trinajstić information content (AvgIpc) is 2.83. The van der Waals surface area contributed by atoms with Crippen LogP contribution < -0.4 is 20.1 Å². The molecule has 1 aromatic heterocycles. The Hall–Kier alpha value is -3.34. The normalized spacial score (nSPS) is 10.9. The Balaban J connectivity index is 1.58. The fraction of sp³-hybridized carbons (Fsp3) is 0.160. The first kappa shape index (κ1) is 24.8. The number of amides is 1. The van der Waals surface area contributed by atoms with Crippen LogP contribution in [0.5, 0.6) is 5.75 Å². The third-order valence-electron chi connectivity index (χ3n) is 4.84. The van der Waals surface area contributed by atoms with Crippen LogP contribution in [0, 0.1) is 0 Å². The van der Waals surface area contributed by atoms with Crippen LogP contribution in [0.3, 0.4) is 0 Å². The van der Waals surface area contributed by atoms with E-state index in [1.54, 1.807) is 7.11 Å². The standard InChI is InChI=1S/C25H25BrN6O2S/c1-32(2)15-23(33)27-16-7-6-8-18(13-16)35-31-25-24(28-20-9-4-5-10-21(20)29-25)30-22-14-17(34-3)11-12-19(22)26/h4-14H,15H2,1-3H3,(H,27,33)(H,28,30)(H,29,31). The summed E-state index contributed by atoms with van der Waals surface area (Å²) in [7, 11) is 5.34. The summed E-state index contributed by atoms with van der Waals surface area (Å²) in [6.45, 7) is 0.317. The van der Waals surface area contributed by atoms with E-state index in [0.29, 0.717) is 18.2 Å². The van der Waals surface area contributed by atoms with Gasteiger partial charge in [-0.15, -0.1) is 0 Å². The number of hydrogen-bond donors (Lipinski definition) is 3. The number of likely N-dealkylation sites (N-methyl/N-ethyl adjacent to an activating group) is 1. The van der Waals surface area contributed by atoms with Crippen molar-refractivity contribution in [2.24, 2.45) is 0 Å². The Bertz CT molecular complexity index is 1350. The van der Waals surface area contributed by atoms with E-state index >= 15 is 0 Å². The van der Waals surface area contributed by atoms with E-state index in [-0.39, 0.29) is 5.91 Å².